The molecule has 1 aromatic carbocycles. The summed E-state index contributed by atoms with van der Waals surface area (Å²) in [7, 11) is 0. The fourth-order valence-electron chi connectivity index (χ4n) is 4.76. The molecule has 0 radical (unpaired) electrons. The van der Waals surface area contributed by atoms with Crippen molar-refractivity contribution in [3.8, 4) is 0 Å². The van der Waals surface area contributed by atoms with Gasteiger partial charge in [0.25, 0.3) is 0 Å². The summed E-state index contributed by atoms with van der Waals surface area (Å²) in [6, 6.07) is 5.59. The van der Waals surface area contributed by atoms with E-state index >= 15 is 0 Å². The molecule has 2 heterocycles. The van der Waals surface area contributed by atoms with Gasteiger partial charge in [0.05, 0.1) is 18.8 Å². The van der Waals surface area contributed by atoms with Gasteiger partial charge in [-0.25, -0.2) is 0 Å². The molecule has 4 unspecified atom stereocenters. The molecule has 1 saturated carbocycles. The molecule has 0 spiro atoms. The van der Waals surface area contributed by atoms with E-state index in [4.69, 9.17) is 4.74 Å². The van der Waals surface area contributed by atoms with Crippen LogP contribution in [-0.2, 0) is 15.7 Å². The lowest BCUT2D eigenvalue weighted by atomic mass is 9.93. The van der Waals surface area contributed by atoms with Crippen LogP contribution in [0.15, 0.2) is 24.3 Å². The zero-order valence-electron chi connectivity index (χ0n) is 15.7. The number of ether oxygens (including phenoxy) is 1. The van der Waals surface area contributed by atoms with Crippen molar-refractivity contribution in [1.82, 2.24) is 10.6 Å². The van der Waals surface area contributed by atoms with E-state index in [1.807, 2.05) is 0 Å². The molecule has 3 aliphatic rings. The van der Waals surface area contributed by atoms with Crippen molar-refractivity contribution < 1.29 is 22.7 Å². The lowest BCUT2D eigenvalue weighted by molar-refractivity contribution is -0.137. The van der Waals surface area contributed by atoms with Crippen LogP contribution >= 0.6 is 0 Å². The Labute approximate surface area is 162 Å². The minimum atomic E-state index is -4.41. The van der Waals surface area contributed by atoms with Crippen molar-refractivity contribution in [1.29, 1.82) is 0 Å². The third-order valence-electron chi connectivity index (χ3n) is 6.10. The van der Waals surface area contributed by atoms with Crippen LogP contribution in [-0.4, -0.2) is 50.3 Å². The molecule has 1 amide bonds. The van der Waals surface area contributed by atoms with Gasteiger partial charge in [-0.05, 0) is 37.0 Å². The summed E-state index contributed by atoms with van der Waals surface area (Å²) in [6.07, 6.45) is -0.789. The second-order valence-corrected chi connectivity index (χ2v) is 7.96. The molecule has 154 valence electrons. The number of alkyl halides is 3. The highest BCUT2D eigenvalue weighted by Gasteiger charge is 2.39. The van der Waals surface area contributed by atoms with Crippen LogP contribution in [0.1, 0.15) is 31.2 Å². The van der Waals surface area contributed by atoms with Gasteiger partial charge in [0.15, 0.2) is 0 Å². The van der Waals surface area contributed by atoms with E-state index in [0.717, 1.165) is 44.5 Å². The number of halogens is 3. The lowest BCUT2D eigenvalue weighted by Crippen LogP contribution is -2.52. The van der Waals surface area contributed by atoms with Crippen molar-refractivity contribution in [2.75, 3.05) is 31.2 Å². The molecule has 8 heteroatoms. The smallest absolute Gasteiger partial charge is 0.379 e. The van der Waals surface area contributed by atoms with Gasteiger partial charge in [-0.1, -0.05) is 12.5 Å². The summed E-state index contributed by atoms with van der Waals surface area (Å²) >= 11 is 0. The summed E-state index contributed by atoms with van der Waals surface area (Å²) < 4.78 is 44.6. The maximum atomic E-state index is 13.0. The second-order valence-electron chi connectivity index (χ2n) is 7.96. The minimum Gasteiger partial charge on any atom is -0.379 e. The van der Waals surface area contributed by atoms with Crippen LogP contribution in [0.2, 0.25) is 0 Å². The number of rotatable bonds is 4. The SMILES string of the molecule is O=C1CC(NC2CCCC2C2COCCN2)CN1c1cccc(C(F)(F)F)c1. The standard InChI is InChI=1S/C20H26F3N3O2/c21-20(22,23)13-3-1-4-15(9-13)26-11-14(10-19(26)27)25-17-6-2-5-16(17)18-12-28-8-7-24-18/h1,3-4,9,14,16-18,24-25H,2,5-8,10-12H2. The summed E-state index contributed by atoms with van der Waals surface area (Å²) in [5.41, 5.74) is -0.414. The van der Waals surface area contributed by atoms with Crippen molar-refractivity contribution in [3.05, 3.63) is 29.8 Å². The Kier molecular flexibility index (Phi) is 5.62. The first-order chi connectivity index (χ1) is 13.4. The summed E-state index contributed by atoms with van der Waals surface area (Å²) in [5.74, 6) is 0.323. The summed E-state index contributed by atoms with van der Waals surface area (Å²) in [5, 5.41) is 7.15. The van der Waals surface area contributed by atoms with E-state index in [0.29, 0.717) is 43.3 Å². The molecule has 5 nitrogen and oxygen atoms in total. The van der Waals surface area contributed by atoms with Crippen LogP contribution in [0.3, 0.4) is 0 Å². The Balaban J connectivity index is 1.41. The predicted molar refractivity (Wildman–Crippen MR) is 99.1 cm³/mol. The molecule has 1 aromatic rings. The Morgan fingerprint density at radius 1 is 1.25 bits per heavy atom. The molecular formula is C20H26F3N3O2. The van der Waals surface area contributed by atoms with E-state index in [9.17, 15) is 18.0 Å². The number of hydrogen-bond acceptors (Lipinski definition) is 4. The molecule has 0 aromatic heterocycles. The highest BCUT2D eigenvalue weighted by atomic mass is 19.4. The number of amides is 1. The Bertz CT molecular complexity index is 706. The Morgan fingerprint density at radius 2 is 2.11 bits per heavy atom. The molecule has 0 bridgehead atoms. The number of nitrogens with zero attached hydrogens (tertiary/aromatic N) is 1. The van der Waals surface area contributed by atoms with Gasteiger partial charge in [0.1, 0.15) is 0 Å². The summed E-state index contributed by atoms with van der Waals surface area (Å²) in [6.45, 7) is 2.71. The molecule has 4 rings (SSSR count). The van der Waals surface area contributed by atoms with Crippen molar-refractivity contribution >= 4 is 11.6 Å². The topological polar surface area (TPSA) is 53.6 Å². The maximum Gasteiger partial charge on any atom is 0.416 e. The monoisotopic (exact) mass is 397 g/mol. The first kappa shape index (κ1) is 19.7. The molecule has 2 saturated heterocycles. The van der Waals surface area contributed by atoms with E-state index in [1.54, 1.807) is 6.07 Å². The highest BCUT2D eigenvalue weighted by molar-refractivity contribution is 5.96. The van der Waals surface area contributed by atoms with Gasteiger partial charge < -0.3 is 20.3 Å². The molecule has 2 aliphatic heterocycles. The van der Waals surface area contributed by atoms with Gasteiger partial charge in [0, 0.05) is 43.3 Å². The molecule has 1 aliphatic carbocycles. The van der Waals surface area contributed by atoms with Crippen LogP contribution in [0, 0.1) is 5.92 Å². The zero-order chi connectivity index (χ0) is 19.7. The lowest BCUT2D eigenvalue weighted by Gasteiger charge is -2.34. The molecule has 3 fully saturated rings. The number of anilines is 1. The molecular weight excluding hydrogens is 371 g/mol. The third kappa shape index (κ3) is 4.18. The fourth-order valence-corrected chi connectivity index (χ4v) is 4.76. The first-order valence-corrected chi connectivity index (χ1v) is 9.96. The third-order valence-corrected chi connectivity index (χ3v) is 6.10. The van der Waals surface area contributed by atoms with Gasteiger partial charge >= 0.3 is 6.18 Å². The number of hydrogen-bond donors (Lipinski definition) is 2. The van der Waals surface area contributed by atoms with E-state index in [2.05, 4.69) is 10.6 Å². The molecule has 2 N–H and O–H groups in total. The van der Waals surface area contributed by atoms with Crippen LogP contribution in [0.25, 0.3) is 0 Å². The van der Waals surface area contributed by atoms with Gasteiger partial charge in [-0.3, -0.25) is 4.79 Å². The quantitative estimate of drug-likeness (QED) is 0.820. The number of benzene rings is 1. The maximum absolute atomic E-state index is 13.0. The summed E-state index contributed by atoms with van der Waals surface area (Å²) in [4.78, 5) is 13.9. The fraction of sp³-hybridized carbons (Fsp3) is 0.650. The second kappa shape index (κ2) is 8.00. The van der Waals surface area contributed by atoms with E-state index < -0.39 is 11.7 Å². The Hall–Kier alpha value is -1.64. The predicted octanol–water partition coefficient (Wildman–Crippen LogP) is 2.56. The van der Waals surface area contributed by atoms with Crippen LogP contribution in [0.5, 0.6) is 0 Å². The normalized spacial score (nSPS) is 31.5. The Morgan fingerprint density at radius 3 is 2.86 bits per heavy atom. The first-order valence-electron chi connectivity index (χ1n) is 9.96. The number of carbonyl (C=O) groups is 1. The average Bonchev–Trinajstić information content (AvgIpc) is 3.28. The minimum absolute atomic E-state index is 0.0443. The van der Waals surface area contributed by atoms with Crippen LogP contribution < -0.4 is 15.5 Å². The number of carbonyl (C=O) groups excluding carboxylic acids is 1. The van der Waals surface area contributed by atoms with Gasteiger partial charge in [-0.15, -0.1) is 0 Å². The van der Waals surface area contributed by atoms with Crippen molar-refractivity contribution in [2.24, 2.45) is 5.92 Å². The molecule has 28 heavy (non-hydrogen) atoms. The molecule has 4 atom stereocenters. The number of nitrogens with one attached hydrogen (secondary N) is 2. The van der Waals surface area contributed by atoms with Crippen molar-refractivity contribution in [3.63, 3.8) is 0 Å². The van der Waals surface area contributed by atoms with Crippen molar-refractivity contribution in [2.45, 2.75) is 50.0 Å². The van der Waals surface area contributed by atoms with Gasteiger partial charge in [0.2, 0.25) is 5.91 Å². The average molecular weight is 397 g/mol. The zero-order valence-corrected chi connectivity index (χ0v) is 15.7. The number of morpholine rings is 1. The van der Waals surface area contributed by atoms with E-state index in [1.165, 1.54) is 11.0 Å². The highest BCUT2D eigenvalue weighted by Crippen LogP contribution is 2.34. The van der Waals surface area contributed by atoms with E-state index in [-0.39, 0.29) is 11.9 Å². The largest absolute Gasteiger partial charge is 0.416 e. The van der Waals surface area contributed by atoms with Gasteiger partial charge in [-0.2, -0.15) is 13.2 Å². The van der Waals surface area contributed by atoms with Crippen LogP contribution in [0.4, 0.5) is 18.9 Å².